The van der Waals surface area contributed by atoms with Crippen molar-refractivity contribution < 1.29 is 74.1 Å². The van der Waals surface area contributed by atoms with Gasteiger partial charge < -0.3 is 69.3 Å². The summed E-state index contributed by atoms with van der Waals surface area (Å²) >= 11 is 0. The Labute approximate surface area is 249 Å². The van der Waals surface area contributed by atoms with Crippen molar-refractivity contribution in [1.29, 1.82) is 0 Å². The predicted octanol–water partition coefficient (Wildman–Crippen LogP) is -1.94. The van der Waals surface area contributed by atoms with Crippen molar-refractivity contribution in [1.82, 2.24) is 0 Å². The summed E-state index contributed by atoms with van der Waals surface area (Å²) in [4.78, 5) is 13.0. The molecule has 0 saturated carbocycles. The third-order valence-corrected chi connectivity index (χ3v) is 7.73. The molecule has 0 aliphatic carbocycles. The third-order valence-electron chi connectivity index (χ3n) is 7.73. The van der Waals surface area contributed by atoms with Gasteiger partial charge in [-0.2, -0.15) is 0 Å². The number of fused-ring (bicyclic) bond motifs is 1. The van der Waals surface area contributed by atoms with E-state index in [1.165, 1.54) is 30.3 Å². The van der Waals surface area contributed by atoms with E-state index in [1.54, 1.807) is 12.1 Å². The normalized spacial score (nSPS) is 32.5. The minimum absolute atomic E-state index is 0.0832. The van der Waals surface area contributed by atoms with Crippen LogP contribution in [0.25, 0.3) is 11.0 Å². The Balaban J connectivity index is 1.44. The predicted molar refractivity (Wildman–Crippen MR) is 145 cm³/mol. The molecule has 2 fully saturated rings. The lowest BCUT2D eigenvalue weighted by Gasteiger charge is -2.39. The minimum Gasteiger partial charge on any atom is -0.508 e. The smallest absolute Gasteiger partial charge is 0.376 e. The number of benzene rings is 2. The number of ether oxygens (including phenoxy) is 4. The summed E-state index contributed by atoms with van der Waals surface area (Å²) in [5.74, 6) is -1.17. The highest BCUT2D eigenvalue weighted by Gasteiger charge is 2.46. The Bertz CT molecular complexity index is 1420. The van der Waals surface area contributed by atoms with Crippen LogP contribution in [-0.2, 0) is 27.1 Å². The molecular formula is C29H34O15. The van der Waals surface area contributed by atoms with Crippen molar-refractivity contribution in [2.24, 2.45) is 0 Å². The van der Waals surface area contributed by atoms with E-state index in [1.807, 2.05) is 0 Å². The van der Waals surface area contributed by atoms with Crippen LogP contribution in [0.2, 0.25) is 0 Å². The SMILES string of the molecule is O=C(O[C@@H]1O[C@@H](CO)[C@H](O)[C@H](O)[C@H]1O)c1cc2c(CCc3ccc(O)cc3)c(O[C@@H]3O[C@H](CO)[C@@H](O)[C@@H](O)[C@H]3O)ccc2o1. The fourth-order valence-corrected chi connectivity index (χ4v) is 5.17. The second-order valence-electron chi connectivity index (χ2n) is 10.6. The van der Waals surface area contributed by atoms with Crippen molar-refractivity contribution in [3.05, 3.63) is 59.4 Å². The first kappa shape index (κ1) is 32.1. The highest BCUT2D eigenvalue weighted by atomic mass is 16.7. The molecule has 15 nitrogen and oxygen atoms in total. The number of aromatic hydroxyl groups is 1. The zero-order valence-corrected chi connectivity index (χ0v) is 23.1. The number of hydrogen-bond acceptors (Lipinski definition) is 15. The average molecular weight is 623 g/mol. The zero-order valence-electron chi connectivity index (χ0n) is 23.1. The fourth-order valence-electron chi connectivity index (χ4n) is 5.17. The van der Waals surface area contributed by atoms with Gasteiger partial charge in [-0.1, -0.05) is 12.1 Å². The molecule has 3 aromatic rings. The van der Waals surface area contributed by atoms with E-state index >= 15 is 0 Å². The van der Waals surface area contributed by atoms with Gasteiger partial charge in [0.15, 0.2) is 0 Å². The lowest BCUT2D eigenvalue weighted by Crippen LogP contribution is -2.60. The fraction of sp³-hybridized carbons (Fsp3) is 0.483. The van der Waals surface area contributed by atoms with Crippen molar-refractivity contribution in [3.8, 4) is 11.5 Å². The van der Waals surface area contributed by atoms with E-state index in [0.29, 0.717) is 17.4 Å². The van der Waals surface area contributed by atoms with Crippen LogP contribution in [0, 0.1) is 0 Å². The summed E-state index contributed by atoms with van der Waals surface area (Å²) in [6.45, 7) is -1.37. The monoisotopic (exact) mass is 622 g/mol. The molecular weight excluding hydrogens is 588 g/mol. The Morgan fingerprint density at radius 1 is 0.727 bits per heavy atom. The van der Waals surface area contributed by atoms with Crippen LogP contribution in [0.3, 0.4) is 0 Å². The first-order valence-corrected chi connectivity index (χ1v) is 13.8. The van der Waals surface area contributed by atoms with Crippen LogP contribution in [0.1, 0.15) is 21.7 Å². The molecule has 240 valence electrons. The number of esters is 1. The standard InChI is InChI=1S/C29H34O15/c30-10-19-21(33)23(35)25(37)28(42-19)41-16-7-8-17-15(14(16)6-3-12-1-4-13(32)5-2-12)9-18(40-17)27(39)44-29-26(38)24(36)22(34)20(11-31)43-29/h1-2,4-5,7-9,19-26,28-38H,3,6,10-11H2/t19-,20+,21-,22+,23-,24+,25-,26-,28-,29+/m1/s1. The molecule has 10 atom stereocenters. The van der Waals surface area contributed by atoms with E-state index in [2.05, 4.69) is 0 Å². The molecule has 1 aromatic heterocycles. The zero-order chi connectivity index (χ0) is 31.7. The summed E-state index contributed by atoms with van der Waals surface area (Å²) in [5.41, 5.74) is 1.53. The highest BCUT2D eigenvalue weighted by Crippen LogP contribution is 2.35. The number of furan rings is 1. The maximum atomic E-state index is 13.0. The molecule has 15 heteroatoms. The molecule has 3 heterocycles. The van der Waals surface area contributed by atoms with Crippen LogP contribution in [0.15, 0.2) is 46.9 Å². The summed E-state index contributed by atoms with van der Waals surface area (Å²) in [5, 5.41) is 90.0. The molecule has 0 unspecified atom stereocenters. The van der Waals surface area contributed by atoms with Crippen molar-refractivity contribution >= 4 is 16.9 Å². The average Bonchev–Trinajstić information content (AvgIpc) is 3.46. The van der Waals surface area contributed by atoms with Crippen LogP contribution in [0.4, 0.5) is 0 Å². The van der Waals surface area contributed by atoms with Gasteiger partial charge in [0.05, 0.1) is 13.2 Å². The van der Waals surface area contributed by atoms with Crippen LogP contribution >= 0.6 is 0 Å². The number of phenolic OH excluding ortho intramolecular Hbond substituents is 1. The molecule has 0 bridgehead atoms. The maximum Gasteiger partial charge on any atom is 0.376 e. The van der Waals surface area contributed by atoms with Crippen LogP contribution in [0.5, 0.6) is 11.5 Å². The van der Waals surface area contributed by atoms with E-state index in [9.17, 15) is 50.8 Å². The second kappa shape index (κ2) is 13.3. The van der Waals surface area contributed by atoms with Crippen molar-refractivity contribution in [2.45, 2.75) is 74.3 Å². The first-order valence-electron chi connectivity index (χ1n) is 13.8. The van der Waals surface area contributed by atoms with Gasteiger partial charge in [-0.15, -0.1) is 0 Å². The van der Waals surface area contributed by atoms with Gasteiger partial charge in [-0.25, -0.2) is 4.79 Å². The molecule has 2 aliphatic rings. The number of hydrogen-bond donors (Lipinski definition) is 9. The van der Waals surface area contributed by atoms with Gasteiger partial charge in [0.25, 0.3) is 0 Å². The Morgan fingerprint density at radius 3 is 1.93 bits per heavy atom. The molecule has 2 saturated heterocycles. The summed E-state index contributed by atoms with van der Waals surface area (Å²) in [6.07, 6.45) is -15.2. The minimum atomic E-state index is -1.82. The third kappa shape index (κ3) is 6.38. The van der Waals surface area contributed by atoms with Crippen molar-refractivity contribution in [2.75, 3.05) is 13.2 Å². The van der Waals surface area contributed by atoms with Crippen molar-refractivity contribution in [3.63, 3.8) is 0 Å². The van der Waals surface area contributed by atoms with Gasteiger partial charge in [0.2, 0.25) is 18.3 Å². The van der Waals surface area contributed by atoms with Crippen LogP contribution in [-0.4, -0.2) is 127 Å². The molecule has 0 radical (unpaired) electrons. The lowest BCUT2D eigenvalue weighted by atomic mass is 9.98. The Hall–Kier alpha value is -3.35. The largest absolute Gasteiger partial charge is 0.508 e. The summed E-state index contributed by atoms with van der Waals surface area (Å²) < 4.78 is 27.6. The summed E-state index contributed by atoms with van der Waals surface area (Å²) in [6, 6.07) is 10.8. The number of aliphatic hydroxyl groups excluding tert-OH is 8. The van der Waals surface area contributed by atoms with E-state index < -0.39 is 80.6 Å². The number of carbonyl (C=O) groups excluding carboxylic acids is 1. The van der Waals surface area contributed by atoms with Gasteiger partial charge >= 0.3 is 5.97 Å². The number of phenols is 1. The molecule has 2 aromatic carbocycles. The van der Waals surface area contributed by atoms with E-state index in [0.717, 1.165) is 5.56 Å². The summed E-state index contributed by atoms with van der Waals surface area (Å²) in [7, 11) is 0. The van der Waals surface area contributed by atoms with Gasteiger partial charge in [-0.05, 0) is 48.7 Å². The number of aryl methyl sites for hydroxylation is 2. The molecule has 2 aliphatic heterocycles. The van der Waals surface area contributed by atoms with E-state index in [-0.39, 0.29) is 29.3 Å². The van der Waals surface area contributed by atoms with Gasteiger partial charge in [-0.3, -0.25) is 0 Å². The molecule has 44 heavy (non-hydrogen) atoms. The highest BCUT2D eigenvalue weighted by molar-refractivity contribution is 5.94. The lowest BCUT2D eigenvalue weighted by molar-refractivity contribution is -0.285. The first-order chi connectivity index (χ1) is 21.0. The van der Waals surface area contributed by atoms with E-state index in [4.69, 9.17) is 23.4 Å². The second-order valence-corrected chi connectivity index (χ2v) is 10.6. The Morgan fingerprint density at radius 2 is 1.32 bits per heavy atom. The molecule has 9 N–H and O–H groups in total. The van der Waals surface area contributed by atoms with Gasteiger partial charge in [0, 0.05) is 10.9 Å². The maximum absolute atomic E-state index is 13.0. The topological polar surface area (TPSA) is 249 Å². The number of aliphatic hydroxyl groups is 8. The van der Waals surface area contributed by atoms with Gasteiger partial charge in [0.1, 0.15) is 65.9 Å². The molecule has 0 amide bonds. The quantitative estimate of drug-likeness (QED) is 0.118. The molecule has 5 rings (SSSR count). The molecule has 0 spiro atoms. The Kier molecular flexibility index (Phi) is 9.71. The number of carbonyl (C=O) groups is 1. The van der Waals surface area contributed by atoms with Crippen LogP contribution < -0.4 is 4.74 Å². The number of rotatable bonds is 9.